The normalized spacial score (nSPS) is 22.9. The summed E-state index contributed by atoms with van der Waals surface area (Å²) >= 11 is 0. The number of benzene rings is 1. The summed E-state index contributed by atoms with van der Waals surface area (Å²) in [6, 6.07) is 7.26. The lowest BCUT2D eigenvalue weighted by molar-refractivity contribution is -0.141. The Morgan fingerprint density at radius 3 is 2.85 bits per heavy atom. The second-order valence-electron chi connectivity index (χ2n) is 3.03. The number of phenolic OH excluding ortho intramolecular Hbond substituents is 1. The first-order chi connectivity index (χ1) is 6.38. The molecule has 3 nitrogen and oxygen atoms in total. The lowest BCUT2D eigenvalue weighted by atomic mass is 10.1. The largest absolute Gasteiger partial charge is 0.508 e. The highest BCUT2D eigenvalue weighted by Gasteiger charge is 2.18. The topological polar surface area (TPSA) is 38.7 Å². The Balaban J connectivity index is 2.18. The molecule has 0 aliphatic carbocycles. The number of rotatable bonds is 1. The minimum absolute atomic E-state index is 0.0186. The van der Waals surface area contributed by atoms with Crippen LogP contribution in [0.25, 0.3) is 0 Å². The monoisotopic (exact) mass is 180 g/mol. The van der Waals surface area contributed by atoms with Gasteiger partial charge in [0.25, 0.3) is 0 Å². The average molecular weight is 180 g/mol. The van der Waals surface area contributed by atoms with Crippen molar-refractivity contribution in [2.24, 2.45) is 0 Å². The first kappa shape index (κ1) is 8.53. The van der Waals surface area contributed by atoms with Gasteiger partial charge in [0.15, 0.2) is 0 Å². The quantitative estimate of drug-likeness (QED) is 0.716. The third-order valence-corrected chi connectivity index (χ3v) is 2.16. The molecular weight excluding hydrogens is 168 g/mol. The van der Waals surface area contributed by atoms with Gasteiger partial charge in [-0.25, -0.2) is 0 Å². The zero-order valence-corrected chi connectivity index (χ0v) is 7.27. The number of hydrogen-bond acceptors (Lipinski definition) is 3. The summed E-state index contributed by atoms with van der Waals surface area (Å²) in [5.41, 5.74) is 0.853. The highest BCUT2D eigenvalue weighted by Crippen LogP contribution is 2.30. The van der Waals surface area contributed by atoms with E-state index in [1.165, 1.54) is 0 Å². The smallest absolute Gasteiger partial charge is 0.147 e. The Labute approximate surface area is 76.9 Å². The van der Waals surface area contributed by atoms with Crippen LogP contribution in [0, 0.1) is 0 Å². The predicted molar refractivity (Wildman–Crippen MR) is 47.4 cm³/mol. The van der Waals surface area contributed by atoms with Crippen LogP contribution in [0.2, 0.25) is 0 Å². The molecule has 1 heterocycles. The van der Waals surface area contributed by atoms with Gasteiger partial charge in [0.05, 0.1) is 12.7 Å². The summed E-state index contributed by atoms with van der Waals surface area (Å²) in [6.45, 7) is 1.01. The minimum Gasteiger partial charge on any atom is -0.508 e. The van der Waals surface area contributed by atoms with Gasteiger partial charge in [-0.2, -0.15) is 0 Å². The van der Waals surface area contributed by atoms with Crippen molar-refractivity contribution in [2.75, 3.05) is 13.4 Å². The predicted octanol–water partition coefficient (Wildman–Crippen LogP) is 1.83. The molecule has 1 aliphatic heterocycles. The number of aromatic hydroxyl groups is 1. The summed E-state index contributed by atoms with van der Waals surface area (Å²) < 4.78 is 10.4. The van der Waals surface area contributed by atoms with E-state index in [0.29, 0.717) is 19.1 Å². The number of hydrogen-bond donors (Lipinski definition) is 1. The molecule has 1 unspecified atom stereocenters. The SMILES string of the molecule is Oc1ccccc1C1CCOCO1. The van der Waals surface area contributed by atoms with Crippen LogP contribution < -0.4 is 0 Å². The molecule has 1 aromatic carbocycles. The summed E-state index contributed by atoms with van der Waals surface area (Å²) in [7, 11) is 0. The van der Waals surface area contributed by atoms with E-state index in [2.05, 4.69) is 0 Å². The molecule has 0 amide bonds. The zero-order valence-electron chi connectivity index (χ0n) is 7.27. The highest BCUT2D eigenvalue weighted by atomic mass is 16.7. The van der Waals surface area contributed by atoms with E-state index in [1.54, 1.807) is 12.1 Å². The Kier molecular flexibility index (Phi) is 2.47. The maximum Gasteiger partial charge on any atom is 0.147 e. The number of ether oxygens (including phenoxy) is 2. The van der Waals surface area contributed by atoms with E-state index in [9.17, 15) is 5.11 Å². The van der Waals surface area contributed by atoms with Crippen molar-refractivity contribution >= 4 is 0 Å². The molecule has 1 aliphatic rings. The second-order valence-corrected chi connectivity index (χ2v) is 3.03. The van der Waals surface area contributed by atoms with Gasteiger partial charge in [-0.15, -0.1) is 0 Å². The molecule has 0 aromatic heterocycles. The van der Waals surface area contributed by atoms with Gasteiger partial charge in [-0.1, -0.05) is 18.2 Å². The van der Waals surface area contributed by atoms with E-state index in [1.807, 2.05) is 12.1 Å². The minimum atomic E-state index is -0.0186. The van der Waals surface area contributed by atoms with Gasteiger partial charge in [-0.05, 0) is 6.07 Å². The lowest BCUT2D eigenvalue weighted by Gasteiger charge is -2.23. The average Bonchev–Trinajstić information content (AvgIpc) is 2.20. The van der Waals surface area contributed by atoms with Crippen molar-refractivity contribution < 1.29 is 14.6 Å². The fourth-order valence-corrected chi connectivity index (χ4v) is 1.47. The van der Waals surface area contributed by atoms with E-state index < -0.39 is 0 Å². The van der Waals surface area contributed by atoms with Crippen LogP contribution in [0.4, 0.5) is 0 Å². The summed E-state index contributed by atoms with van der Waals surface area (Å²) in [5, 5.41) is 9.54. The Morgan fingerprint density at radius 1 is 1.31 bits per heavy atom. The molecule has 0 saturated carbocycles. The summed E-state index contributed by atoms with van der Waals surface area (Å²) in [6.07, 6.45) is 0.785. The first-order valence-corrected chi connectivity index (χ1v) is 4.35. The van der Waals surface area contributed by atoms with Gasteiger partial charge >= 0.3 is 0 Å². The molecule has 0 radical (unpaired) electrons. The van der Waals surface area contributed by atoms with Crippen LogP contribution >= 0.6 is 0 Å². The third kappa shape index (κ3) is 1.82. The van der Waals surface area contributed by atoms with Crippen LogP contribution in [0.5, 0.6) is 5.75 Å². The van der Waals surface area contributed by atoms with Crippen LogP contribution in [0.15, 0.2) is 24.3 Å². The van der Waals surface area contributed by atoms with Crippen molar-refractivity contribution in [1.29, 1.82) is 0 Å². The lowest BCUT2D eigenvalue weighted by Crippen LogP contribution is -2.17. The Bertz CT molecular complexity index is 279. The molecule has 2 rings (SSSR count). The summed E-state index contributed by atoms with van der Waals surface area (Å²) in [5.74, 6) is 0.300. The van der Waals surface area contributed by atoms with Gasteiger partial charge in [0, 0.05) is 12.0 Å². The van der Waals surface area contributed by atoms with Crippen molar-refractivity contribution in [1.82, 2.24) is 0 Å². The molecule has 3 heteroatoms. The fourth-order valence-electron chi connectivity index (χ4n) is 1.47. The molecular formula is C10H12O3. The number of para-hydroxylation sites is 1. The molecule has 0 bridgehead atoms. The van der Waals surface area contributed by atoms with Gasteiger partial charge < -0.3 is 14.6 Å². The zero-order chi connectivity index (χ0) is 9.10. The standard InChI is InChI=1S/C10H12O3/c11-9-4-2-1-3-8(9)10-5-6-12-7-13-10/h1-4,10-11H,5-7H2. The second kappa shape index (κ2) is 3.77. The van der Waals surface area contributed by atoms with E-state index in [0.717, 1.165) is 12.0 Å². The highest BCUT2D eigenvalue weighted by molar-refractivity contribution is 5.33. The maximum absolute atomic E-state index is 9.54. The van der Waals surface area contributed by atoms with Gasteiger partial charge in [0.2, 0.25) is 0 Å². The number of phenols is 1. The van der Waals surface area contributed by atoms with Crippen molar-refractivity contribution in [3.8, 4) is 5.75 Å². The van der Waals surface area contributed by atoms with Crippen LogP contribution in [0.1, 0.15) is 18.1 Å². The molecule has 1 aromatic rings. The fraction of sp³-hybridized carbons (Fsp3) is 0.400. The molecule has 70 valence electrons. The van der Waals surface area contributed by atoms with Crippen LogP contribution in [0.3, 0.4) is 0 Å². The van der Waals surface area contributed by atoms with Crippen LogP contribution in [-0.2, 0) is 9.47 Å². The molecule has 1 saturated heterocycles. The van der Waals surface area contributed by atoms with E-state index in [4.69, 9.17) is 9.47 Å². The molecule has 0 spiro atoms. The van der Waals surface area contributed by atoms with Gasteiger partial charge in [0.1, 0.15) is 12.5 Å². The molecule has 1 atom stereocenters. The Hall–Kier alpha value is -1.06. The van der Waals surface area contributed by atoms with Crippen molar-refractivity contribution in [2.45, 2.75) is 12.5 Å². The molecule has 13 heavy (non-hydrogen) atoms. The maximum atomic E-state index is 9.54. The third-order valence-electron chi connectivity index (χ3n) is 2.16. The first-order valence-electron chi connectivity index (χ1n) is 4.35. The van der Waals surface area contributed by atoms with E-state index in [-0.39, 0.29) is 6.10 Å². The van der Waals surface area contributed by atoms with E-state index >= 15 is 0 Å². The van der Waals surface area contributed by atoms with Crippen LogP contribution in [-0.4, -0.2) is 18.5 Å². The Morgan fingerprint density at radius 2 is 2.15 bits per heavy atom. The van der Waals surface area contributed by atoms with Crippen molar-refractivity contribution in [3.63, 3.8) is 0 Å². The van der Waals surface area contributed by atoms with Crippen molar-refractivity contribution in [3.05, 3.63) is 29.8 Å². The summed E-state index contributed by atoms with van der Waals surface area (Å²) in [4.78, 5) is 0. The molecule has 1 fully saturated rings. The molecule has 1 N–H and O–H groups in total. The van der Waals surface area contributed by atoms with Gasteiger partial charge in [-0.3, -0.25) is 0 Å².